The standard InChI is InChI=1S/C17H17NO6/c1-5-10-23-12-9-7-6-8-11(12)14-13(16(19)21-3)15(17(20)22-4)24-18(14)2/h1,6-9,14H,10H2,2-4H3/t14-/m0/s1. The number of hydrogen-bond donors (Lipinski definition) is 0. The van der Waals surface area contributed by atoms with Crippen LogP contribution in [0.4, 0.5) is 0 Å². The maximum atomic E-state index is 12.2. The monoisotopic (exact) mass is 331 g/mol. The van der Waals surface area contributed by atoms with Crippen molar-refractivity contribution < 1.29 is 28.6 Å². The predicted octanol–water partition coefficient (Wildman–Crippen LogP) is 1.22. The third-order valence-electron chi connectivity index (χ3n) is 3.42. The number of rotatable bonds is 5. The number of para-hydroxylation sites is 1. The minimum absolute atomic E-state index is 0.0311. The molecule has 1 atom stereocenters. The van der Waals surface area contributed by atoms with E-state index in [-0.39, 0.29) is 17.9 Å². The molecule has 0 saturated heterocycles. The Bertz CT molecular complexity index is 718. The number of hydroxylamine groups is 2. The van der Waals surface area contributed by atoms with Gasteiger partial charge < -0.3 is 19.0 Å². The number of esters is 2. The SMILES string of the molecule is C#CCOc1ccccc1[C@H]1C(C(=O)OC)=C(C(=O)OC)ON1C. The van der Waals surface area contributed by atoms with Gasteiger partial charge >= 0.3 is 11.9 Å². The lowest BCUT2D eigenvalue weighted by Gasteiger charge is -2.22. The number of carbonyl (C=O) groups is 2. The molecule has 0 unspecified atom stereocenters. The van der Waals surface area contributed by atoms with E-state index < -0.39 is 18.0 Å². The van der Waals surface area contributed by atoms with Crippen molar-refractivity contribution in [1.82, 2.24) is 5.06 Å². The van der Waals surface area contributed by atoms with Gasteiger partial charge in [0.1, 0.15) is 24.0 Å². The second-order valence-corrected chi connectivity index (χ2v) is 4.80. The van der Waals surface area contributed by atoms with Gasteiger partial charge in [-0.1, -0.05) is 24.1 Å². The van der Waals surface area contributed by atoms with Crippen LogP contribution < -0.4 is 4.74 Å². The number of likely N-dealkylation sites (N-methyl/N-ethyl adjacent to an activating group) is 1. The summed E-state index contributed by atoms with van der Waals surface area (Å²) < 4.78 is 15.0. The van der Waals surface area contributed by atoms with E-state index in [9.17, 15) is 9.59 Å². The summed E-state index contributed by atoms with van der Waals surface area (Å²) in [7, 11) is 4.01. The van der Waals surface area contributed by atoms with Crippen molar-refractivity contribution in [2.45, 2.75) is 6.04 Å². The minimum Gasteiger partial charge on any atom is -0.481 e. The van der Waals surface area contributed by atoms with E-state index in [2.05, 4.69) is 10.7 Å². The van der Waals surface area contributed by atoms with E-state index in [1.165, 1.54) is 19.3 Å². The number of methoxy groups -OCH3 is 2. The Kier molecular flexibility index (Phi) is 5.45. The molecule has 0 saturated carbocycles. The highest BCUT2D eigenvalue weighted by molar-refractivity contribution is 6.00. The molecule has 2 rings (SSSR count). The van der Waals surface area contributed by atoms with Crippen LogP contribution in [-0.4, -0.2) is 44.9 Å². The maximum Gasteiger partial charge on any atom is 0.376 e. The van der Waals surface area contributed by atoms with Gasteiger partial charge in [0.25, 0.3) is 0 Å². The number of carbonyl (C=O) groups excluding carboxylic acids is 2. The van der Waals surface area contributed by atoms with Crippen LogP contribution in [0.5, 0.6) is 5.75 Å². The molecule has 7 heteroatoms. The second kappa shape index (κ2) is 7.53. The van der Waals surface area contributed by atoms with E-state index in [0.717, 1.165) is 0 Å². The van der Waals surface area contributed by atoms with E-state index in [0.29, 0.717) is 11.3 Å². The zero-order valence-corrected chi connectivity index (χ0v) is 13.6. The Morgan fingerprint density at radius 3 is 2.54 bits per heavy atom. The fraction of sp³-hybridized carbons (Fsp3) is 0.294. The van der Waals surface area contributed by atoms with Crippen LogP contribution in [0.15, 0.2) is 35.6 Å². The van der Waals surface area contributed by atoms with Crippen molar-refractivity contribution in [1.29, 1.82) is 0 Å². The molecular weight excluding hydrogens is 314 g/mol. The fourth-order valence-electron chi connectivity index (χ4n) is 2.41. The highest BCUT2D eigenvalue weighted by atomic mass is 16.7. The maximum absolute atomic E-state index is 12.2. The lowest BCUT2D eigenvalue weighted by atomic mass is 9.97. The molecule has 0 radical (unpaired) electrons. The number of hydrogen-bond acceptors (Lipinski definition) is 7. The topological polar surface area (TPSA) is 74.3 Å². The highest BCUT2D eigenvalue weighted by Gasteiger charge is 2.43. The van der Waals surface area contributed by atoms with Crippen molar-refractivity contribution in [3.05, 3.63) is 41.2 Å². The molecule has 0 aromatic heterocycles. The molecule has 0 spiro atoms. The molecular formula is C17H17NO6. The predicted molar refractivity (Wildman–Crippen MR) is 83.4 cm³/mol. The molecule has 1 aromatic rings. The zero-order chi connectivity index (χ0) is 17.7. The number of terminal acetylenes is 1. The first-order valence-electron chi connectivity index (χ1n) is 7.01. The van der Waals surface area contributed by atoms with Gasteiger partial charge in [-0.15, -0.1) is 11.5 Å². The first-order chi connectivity index (χ1) is 11.5. The Morgan fingerprint density at radius 2 is 1.92 bits per heavy atom. The van der Waals surface area contributed by atoms with Gasteiger partial charge in [0.15, 0.2) is 0 Å². The first-order valence-corrected chi connectivity index (χ1v) is 7.01. The fourth-order valence-corrected chi connectivity index (χ4v) is 2.41. The molecule has 126 valence electrons. The highest BCUT2D eigenvalue weighted by Crippen LogP contribution is 2.41. The average molecular weight is 331 g/mol. The molecule has 24 heavy (non-hydrogen) atoms. The number of benzene rings is 1. The molecule has 1 aliphatic heterocycles. The zero-order valence-electron chi connectivity index (χ0n) is 13.6. The van der Waals surface area contributed by atoms with Gasteiger partial charge in [-0.05, 0) is 6.07 Å². The van der Waals surface area contributed by atoms with Gasteiger partial charge in [0.05, 0.1) is 14.2 Å². The molecule has 0 aliphatic carbocycles. The molecule has 1 aromatic carbocycles. The Balaban J connectivity index is 2.55. The summed E-state index contributed by atoms with van der Waals surface area (Å²) in [4.78, 5) is 29.6. The second-order valence-electron chi connectivity index (χ2n) is 4.80. The summed E-state index contributed by atoms with van der Waals surface area (Å²) in [6.07, 6.45) is 5.23. The Hall–Kier alpha value is -2.98. The normalized spacial score (nSPS) is 17.0. The van der Waals surface area contributed by atoms with E-state index >= 15 is 0 Å². The lowest BCUT2D eigenvalue weighted by Crippen LogP contribution is -2.23. The Labute approximate surface area is 139 Å². The minimum atomic E-state index is -0.772. The van der Waals surface area contributed by atoms with Gasteiger partial charge in [0.2, 0.25) is 5.76 Å². The molecule has 0 N–H and O–H groups in total. The summed E-state index contributed by atoms with van der Waals surface area (Å²) in [6.45, 7) is 0.0649. The quantitative estimate of drug-likeness (QED) is 0.593. The van der Waals surface area contributed by atoms with Gasteiger partial charge in [-0.2, -0.15) is 0 Å². The summed E-state index contributed by atoms with van der Waals surface area (Å²) in [5, 5.41) is 1.36. The van der Waals surface area contributed by atoms with Crippen LogP contribution in [0.2, 0.25) is 0 Å². The third kappa shape index (κ3) is 3.19. The first kappa shape index (κ1) is 17.4. The van der Waals surface area contributed by atoms with Crippen LogP contribution in [0.25, 0.3) is 0 Å². The lowest BCUT2D eigenvalue weighted by molar-refractivity contribution is -0.152. The van der Waals surface area contributed by atoms with Crippen molar-refractivity contribution in [2.24, 2.45) is 0 Å². The van der Waals surface area contributed by atoms with Crippen molar-refractivity contribution in [2.75, 3.05) is 27.9 Å². The summed E-state index contributed by atoms with van der Waals surface area (Å²) in [5.74, 6) is 1.17. The Morgan fingerprint density at radius 1 is 1.25 bits per heavy atom. The summed E-state index contributed by atoms with van der Waals surface area (Å²) in [6, 6.07) is 6.30. The molecule has 1 heterocycles. The van der Waals surface area contributed by atoms with Crippen LogP contribution in [0.1, 0.15) is 11.6 Å². The van der Waals surface area contributed by atoms with E-state index in [1.807, 2.05) is 0 Å². The molecule has 1 aliphatic rings. The van der Waals surface area contributed by atoms with Crippen LogP contribution >= 0.6 is 0 Å². The van der Waals surface area contributed by atoms with Gasteiger partial charge in [-0.25, -0.2) is 9.59 Å². The van der Waals surface area contributed by atoms with Gasteiger partial charge in [0, 0.05) is 12.6 Å². The van der Waals surface area contributed by atoms with Gasteiger partial charge in [-0.3, -0.25) is 0 Å². The van der Waals surface area contributed by atoms with Crippen LogP contribution in [-0.2, 0) is 23.9 Å². The molecule has 0 bridgehead atoms. The van der Waals surface area contributed by atoms with Crippen molar-refractivity contribution in [3.8, 4) is 18.1 Å². The smallest absolute Gasteiger partial charge is 0.376 e. The molecule has 0 fully saturated rings. The van der Waals surface area contributed by atoms with E-state index in [4.69, 9.17) is 20.7 Å². The molecule has 0 amide bonds. The van der Waals surface area contributed by atoms with Crippen molar-refractivity contribution in [3.63, 3.8) is 0 Å². The number of nitrogens with zero attached hydrogens (tertiary/aromatic N) is 1. The molecule has 7 nitrogen and oxygen atoms in total. The van der Waals surface area contributed by atoms with Crippen LogP contribution in [0.3, 0.4) is 0 Å². The largest absolute Gasteiger partial charge is 0.481 e. The summed E-state index contributed by atoms with van der Waals surface area (Å²) >= 11 is 0. The third-order valence-corrected chi connectivity index (χ3v) is 3.42. The van der Waals surface area contributed by atoms with Crippen molar-refractivity contribution >= 4 is 11.9 Å². The van der Waals surface area contributed by atoms with Crippen LogP contribution in [0, 0.1) is 12.3 Å². The number of ether oxygens (including phenoxy) is 3. The summed E-state index contributed by atoms with van der Waals surface area (Å²) in [5.41, 5.74) is 0.637. The van der Waals surface area contributed by atoms with E-state index in [1.54, 1.807) is 31.3 Å². The average Bonchev–Trinajstić information content (AvgIpc) is 2.95.